The van der Waals surface area contributed by atoms with E-state index in [-0.39, 0.29) is 11.5 Å². The largest absolute Gasteiger partial charge is 0.357 e. The molecule has 1 unspecified atom stereocenters. The summed E-state index contributed by atoms with van der Waals surface area (Å²) >= 11 is 0. The first kappa shape index (κ1) is 20.4. The third-order valence-corrected chi connectivity index (χ3v) is 4.51. The highest BCUT2D eigenvalue weighted by Crippen LogP contribution is 2.24. The van der Waals surface area contributed by atoms with Crippen LogP contribution < -0.4 is 5.32 Å². The highest BCUT2D eigenvalue weighted by Gasteiger charge is 2.15. The summed E-state index contributed by atoms with van der Waals surface area (Å²) in [6, 6.07) is 8.91. The fourth-order valence-corrected chi connectivity index (χ4v) is 2.12. The fraction of sp³-hybridized carbons (Fsp3) is 0.571. The molecule has 0 aliphatic rings. The maximum Gasteiger partial charge on any atom is 0.158 e. The molecule has 3 nitrogen and oxygen atoms in total. The molecule has 1 aromatic rings. The molecule has 1 aromatic carbocycles. The van der Waals surface area contributed by atoms with Gasteiger partial charge in [-0.1, -0.05) is 70.6 Å². The Morgan fingerprint density at radius 3 is 2.08 bits per heavy atom. The van der Waals surface area contributed by atoms with Crippen molar-refractivity contribution in [2.24, 2.45) is 11.1 Å². The van der Waals surface area contributed by atoms with E-state index in [1.165, 1.54) is 5.56 Å². The molecule has 0 aliphatic heterocycles. The van der Waals surface area contributed by atoms with E-state index < -0.39 is 0 Å². The molecule has 0 aromatic heterocycles. The van der Waals surface area contributed by atoms with Crippen molar-refractivity contribution in [3.05, 3.63) is 42.0 Å². The Hall–Kier alpha value is -1.61. The summed E-state index contributed by atoms with van der Waals surface area (Å²) in [6.07, 6.45) is 0. The number of rotatable bonds is 7. The third-order valence-electron chi connectivity index (χ3n) is 4.51. The van der Waals surface area contributed by atoms with Crippen LogP contribution in [0.25, 0.3) is 5.76 Å². The summed E-state index contributed by atoms with van der Waals surface area (Å²) in [5.41, 5.74) is 3.30. The monoisotopic (exact) mass is 330 g/mol. The maximum absolute atomic E-state index is 5.53. The van der Waals surface area contributed by atoms with Crippen LogP contribution >= 0.6 is 0 Å². The Kier molecular flexibility index (Phi) is 7.22. The van der Waals surface area contributed by atoms with Crippen molar-refractivity contribution in [2.45, 2.75) is 72.9 Å². The molecule has 24 heavy (non-hydrogen) atoms. The van der Waals surface area contributed by atoms with Gasteiger partial charge in [-0.15, -0.1) is 0 Å². The van der Waals surface area contributed by atoms with Gasteiger partial charge in [-0.25, -0.2) is 0 Å². The van der Waals surface area contributed by atoms with Crippen molar-refractivity contribution < 1.29 is 4.84 Å². The molecule has 0 fully saturated rings. The van der Waals surface area contributed by atoms with E-state index in [1.807, 2.05) is 19.1 Å². The lowest BCUT2D eigenvalue weighted by atomic mass is 9.86. The summed E-state index contributed by atoms with van der Waals surface area (Å²) < 4.78 is 0. The first-order valence-corrected chi connectivity index (χ1v) is 8.79. The third kappa shape index (κ3) is 6.12. The average molecular weight is 331 g/mol. The lowest BCUT2D eigenvalue weighted by Crippen LogP contribution is -2.41. The quantitative estimate of drug-likeness (QED) is 0.414. The fourth-order valence-electron chi connectivity index (χ4n) is 2.12. The number of hydrogen-bond donors (Lipinski definition) is 1. The van der Waals surface area contributed by atoms with Crippen LogP contribution in [0.2, 0.25) is 0 Å². The number of benzene rings is 1. The van der Waals surface area contributed by atoms with Crippen LogP contribution in [0, 0.1) is 5.92 Å². The minimum Gasteiger partial charge on any atom is -0.357 e. The first-order valence-electron chi connectivity index (χ1n) is 8.79. The first-order chi connectivity index (χ1) is 11.0. The van der Waals surface area contributed by atoms with Crippen molar-refractivity contribution >= 4 is 11.5 Å². The Balaban J connectivity index is 2.67. The van der Waals surface area contributed by atoms with Crippen molar-refractivity contribution in [3.8, 4) is 0 Å². The molecule has 0 amide bonds. The lowest BCUT2D eigenvalue weighted by Gasteiger charge is -2.22. The normalized spacial score (nSPS) is 15.3. The van der Waals surface area contributed by atoms with Crippen molar-refractivity contribution in [1.82, 2.24) is 5.32 Å². The second-order valence-corrected chi connectivity index (χ2v) is 8.00. The van der Waals surface area contributed by atoms with Gasteiger partial charge in [0.1, 0.15) is 0 Å². The summed E-state index contributed by atoms with van der Waals surface area (Å²) in [7, 11) is 0. The van der Waals surface area contributed by atoms with E-state index in [4.69, 9.17) is 4.84 Å². The number of oxime groups is 1. The molecule has 0 aliphatic carbocycles. The molecule has 0 radical (unpaired) electrons. The molecule has 134 valence electrons. The number of nitrogens with zero attached hydrogens (tertiary/aromatic N) is 1. The second kappa shape index (κ2) is 8.48. The van der Waals surface area contributed by atoms with Crippen LogP contribution in [0.3, 0.4) is 0 Å². The molecule has 0 saturated carbocycles. The van der Waals surface area contributed by atoms with Crippen molar-refractivity contribution in [3.63, 3.8) is 0 Å². The molecular formula is C21H34N2O. The van der Waals surface area contributed by atoms with Crippen molar-refractivity contribution in [2.75, 3.05) is 0 Å². The van der Waals surface area contributed by atoms with E-state index in [9.17, 15) is 0 Å². The summed E-state index contributed by atoms with van der Waals surface area (Å²) in [6.45, 7) is 21.3. The zero-order valence-corrected chi connectivity index (χ0v) is 16.6. The molecule has 0 saturated heterocycles. The van der Waals surface area contributed by atoms with Gasteiger partial charge in [-0.05, 0) is 37.7 Å². The van der Waals surface area contributed by atoms with E-state index >= 15 is 0 Å². The highest BCUT2D eigenvalue weighted by molar-refractivity contribution is 5.86. The van der Waals surface area contributed by atoms with Crippen molar-refractivity contribution in [1.29, 1.82) is 0 Å². The molecule has 2 atom stereocenters. The second-order valence-electron chi connectivity index (χ2n) is 8.00. The molecule has 1 N–H and O–H groups in total. The van der Waals surface area contributed by atoms with Gasteiger partial charge >= 0.3 is 0 Å². The molecule has 1 rings (SSSR count). The predicted octanol–water partition coefficient (Wildman–Crippen LogP) is 5.37. The van der Waals surface area contributed by atoms with Gasteiger partial charge in [-0.3, -0.25) is 0 Å². The van der Waals surface area contributed by atoms with Gasteiger partial charge in [0.15, 0.2) is 5.76 Å². The Morgan fingerprint density at radius 2 is 1.62 bits per heavy atom. The van der Waals surface area contributed by atoms with Crippen LogP contribution in [0.1, 0.15) is 66.5 Å². The molecule has 0 spiro atoms. The van der Waals surface area contributed by atoms with Gasteiger partial charge in [0, 0.05) is 17.6 Å². The van der Waals surface area contributed by atoms with E-state index in [0.717, 1.165) is 11.3 Å². The number of nitrogens with one attached hydrogen (secondary N) is 1. The molecule has 0 bridgehead atoms. The predicted molar refractivity (Wildman–Crippen MR) is 105 cm³/mol. The summed E-state index contributed by atoms with van der Waals surface area (Å²) in [5, 5.41) is 7.76. The van der Waals surface area contributed by atoms with E-state index in [0.29, 0.717) is 17.7 Å². The van der Waals surface area contributed by atoms with Crippen LogP contribution in [0.4, 0.5) is 0 Å². The van der Waals surface area contributed by atoms with Crippen LogP contribution in [0.5, 0.6) is 0 Å². The number of hydrogen-bond acceptors (Lipinski definition) is 3. The van der Waals surface area contributed by atoms with E-state index in [2.05, 4.69) is 77.7 Å². The van der Waals surface area contributed by atoms with Crippen LogP contribution in [0.15, 0.2) is 36.0 Å². The van der Waals surface area contributed by atoms with Gasteiger partial charge in [-0.2, -0.15) is 0 Å². The smallest absolute Gasteiger partial charge is 0.158 e. The van der Waals surface area contributed by atoms with Crippen LogP contribution in [-0.4, -0.2) is 17.8 Å². The maximum atomic E-state index is 5.53. The lowest BCUT2D eigenvalue weighted by molar-refractivity contribution is 0.294. The molecule has 0 heterocycles. The average Bonchev–Trinajstić information content (AvgIpc) is 2.51. The van der Waals surface area contributed by atoms with Gasteiger partial charge in [0.2, 0.25) is 0 Å². The minimum absolute atomic E-state index is 0.143. The Morgan fingerprint density at radius 1 is 1.08 bits per heavy atom. The minimum atomic E-state index is 0.143. The van der Waals surface area contributed by atoms with Gasteiger partial charge in [0.05, 0.1) is 5.71 Å². The molecular weight excluding hydrogens is 296 g/mol. The highest BCUT2D eigenvalue weighted by atomic mass is 16.6. The Bertz CT molecular complexity index is 564. The summed E-state index contributed by atoms with van der Waals surface area (Å²) in [5.74, 6) is 1.15. The van der Waals surface area contributed by atoms with Gasteiger partial charge in [0.25, 0.3) is 0 Å². The Labute approximate surface area is 148 Å². The zero-order valence-electron chi connectivity index (χ0n) is 16.6. The van der Waals surface area contributed by atoms with Crippen LogP contribution in [-0.2, 0) is 10.3 Å². The standard InChI is InChI=1S/C21H34N2O/c1-14(2)15(3)22-16(4)17(5)23-24-18(6)19-10-12-20(13-11-19)21(7,8)9/h10-16,22H,6H2,1-5,7-9H3/b23-17+/t15-,16?/m1/s1. The zero-order chi connectivity index (χ0) is 18.5. The van der Waals surface area contributed by atoms with E-state index in [1.54, 1.807) is 0 Å². The van der Waals surface area contributed by atoms with Gasteiger partial charge < -0.3 is 10.2 Å². The summed E-state index contributed by atoms with van der Waals surface area (Å²) in [4.78, 5) is 5.53. The topological polar surface area (TPSA) is 33.6 Å². The SMILES string of the molecule is C=C(O/N=C(\C)C(C)N[C@H](C)C(C)C)c1ccc(C(C)(C)C)cc1. The molecule has 3 heteroatoms.